The molecule has 2 unspecified atom stereocenters. The summed E-state index contributed by atoms with van der Waals surface area (Å²) in [6.45, 7) is 0.101. The molecule has 1 aliphatic rings. The number of rotatable bonds is 3. The van der Waals surface area contributed by atoms with Gasteiger partial charge in [-0.05, 0) is 44.3 Å². The normalized spacial score (nSPS) is 28.4. The number of hydrogen-bond acceptors (Lipinski definition) is 5. The second-order valence-electron chi connectivity index (χ2n) is 4.58. The van der Waals surface area contributed by atoms with E-state index < -0.39 is 21.4 Å². The van der Waals surface area contributed by atoms with Gasteiger partial charge in [0.1, 0.15) is 11.9 Å². The van der Waals surface area contributed by atoms with E-state index >= 15 is 0 Å². The lowest BCUT2D eigenvalue weighted by atomic mass is 9.80. The summed E-state index contributed by atoms with van der Waals surface area (Å²) in [7, 11) is -3.13. The van der Waals surface area contributed by atoms with Gasteiger partial charge < -0.3 is 15.3 Å². The van der Waals surface area contributed by atoms with Gasteiger partial charge in [0, 0.05) is 12.0 Å². The number of nitrogens with two attached hydrogens (primary N) is 1. The van der Waals surface area contributed by atoms with Crippen LogP contribution in [0.25, 0.3) is 0 Å². The van der Waals surface area contributed by atoms with Gasteiger partial charge in [-0.1, -0.05) is 0 Å². The van der Waals surface area contributed by atoms with Crippen molar-refractivity contribution in [2.24, 2.45) is 11.1 Å². The number of sulfone groups is 1. The van der Waals surface area contributed by atoms with E-state index in [2.05, 4.69) is 31.9 Å². The summed E-state index contributed by atoms with van der Waals surface area (Å²) in [5.74, 6) is 0.272. The average molecular weight is 403 g/mol. The molecular weight excluding hydrogens is 390 g/mol. The summed E-state index contributed by atoms with van der Waals surface area (Å²) in [5.41, 5.74) is 4.83. The largest absolute Gasteiger partial charge is 0.450 e. The summed E-state index contributed by atoms with van der Waals surface area (Å²) in [5, 5.41) is 10.4. The van der Waals surface area contributed by atoms with Crippen LogP contribution >= 0.6 is 31.9 Å². The van der Waals surface area contributed by atoms with Gasteiger partial charge >= 0.3 is 0 Å². The molecule has 1 aromatic rings. The zero-order chi connectivity index (χ0) is 13.6. The number of halogens is 2. The molecule has 0 aromatic carbocycles. The molecule has 18 heavy (non-hydrogen) atoms. The Balaban J connectivity index is 2.34. The summed E-state index contributed by atoms with van der Waals surface area (Å²) >= 11 is 6.43. The van der Waals surface area contributed by atoms with Crippen molar-refractivity contribution in [2.75, 3.05) is 18.1 Å². The summed E-state index contributed by atoms with van der Waals surface area (Å²) < 4.78 is 29.7. The minimum Gasteiger partial charge on any atom is -0.450 e. The molecule has 0 aliphatic carbocycles. The van der Waals surface area contributed by atoms with Crippen LogP contribution in [0, 0.1) is 5.41 Å². The second kappa shape index (κ2) is 4.90. The number of hydrogen-bond donors (Lipinski definition) is 2. The fraction of sp³-hybridized carbons (Fsp3) is 0.600. The van der Waals surface area contributed by atoms with E-state index in [0.717, 1.165) is 0 Å². The minimum absolute atomic E-state index is 0.0598. The molecule has 2 rings (SSSR count). The number of furan rings is 1. The Bertz CT molecular complexity index is 537. The molecule has 2 atom stereocenters. The number of aliphatic hydroxyl groups excluding tert-OH is 1. The smallest absolute Gasteiger partial charge is 0.183 e. The van der Waals surface area contributed by atoms with Gasteiger partial charge in [0.25, 0.3) is 0 Å². The van der Waals surface area contributed by atoms with Crippen molar-refractivity contribution in [1.29, 1.82) is 0 Å². The van der Waals surface area contributed by atoms with E-state index in [1.54, 1.807) is 6.07 Å². The molecular formula is C10H13Br2NO4S. The summed E-state index contributed by atoms with van der Waals surface area (Å²) in [6.07, 6.45) is -0.675. The Morgan fingerprint density at radius 2 is 2.22 bits per heavy atom. The first-order chi connectivity index (χ1) is 8.30. The molecule has 0 bridgehead atoms. The van der Waals surface area contributed by atoms with Crippen molar-refractivity contribution >= 4 is 41.7 Å². The van der Waals surface area contributed by atoms with E-state index in [0.29, 0.717) is 21.3 Å². The Labute approximate surface area is 122 Å². The quantitative estimate of drug-likeness (QED) is 0.800. The van der Waals surface area contributed by atoms with Crippen molar-refractivity contribution in [1.82, 2.24) is 0 Å². The van der Waals surface area contributed by atoms with Gasteiger partial charge in [-0.15, -0.1) is 0 Å². The third-order valence-electron chi connectivity index (χ3n) is 3.34. The lowest BCUT2D eigenvalue weighted by Crippen LogP contribution is -2.37. The Kier molecular flexibility index (Phi) is 3.95. The number of aliphatic hydroxyl groups is 1. The van der Waals surface area contributed by atoms with Crippen LogP contribution in [0.2, 0.25) is 0 Å². The molecule has 8 heteroatoms. The maximum atomic E-state index is 11.6. The first-order valence-electron chi connectivity index (χ1n) is 5.33. The highest BCUT2D eigenvalue weighted by Gasteiger charge is 2.48. The van der Waals surface area contributed by atoms with E-state index in [1.165, 1.54) is 0 Å². The van der Waals surface area contributed by atoms with Crippen LogP contribution in [0.15, 0.2) is 19.6 Å². The lowest BCUT2D eigenvalue weighted by molar-refractivity contribution is 0.0287. The zero-order valence-corrected chi connectivity index (χ0v) is 13.4. The predicted molar refractivity (Wildman–Crippen MR) is 73.8 cm³/mol. The van der Waals surface area contributed by atoms with E-state index in [1.807, 2.05) is 0 Å². The van der Waals surface area contributed by atoms with Gasteiger partial charge in [-0.25, -0.2) is 8.42 Å². The third kappa shape index (κ3) is 2.53. The minimum atomic E-state index is -3.13. The van der Waals surface area contributed by atoms with Crippen molar-refractivity contribution in [3.05, 3.63) is 21.0 Å². The van der Waals surface area contributed by atoms with Crippen LogP contribution in [-0.2, 0) is 9.84 Å². The fourth-order valence-corrected chi connectivity index (χ4v) is 4.99. The molecule has 0 amide bonds. The Hall–Kier alpha value is 0.110. The Morgan fingerprint density at radius 3 is 2.61 bits per heavy atom. The zero-order valence-electron chi connectivity index (χ0n) is 9.40. The van der Waals surface area contributed by atoms with Gasteiger partial charge in [0.15, 0.2) is 14.5 Å². The second-order valence-corrected chi connectivity index (χ2v) is 8.34. The molecule has 5 nitrogen and oxygen atoms in total. The molecule has 102 valence electrons. The third-order valence-corrected chi connectivity index (χ3v) is 6.89. The summed E-state index contributed by atoms with van der Waals surface area (Å²) in [6, 6.07) is 1.62. The van der Waals surface area contributed by atoms with Crippen molar-refractivity contribution in [2.45, 2.75) is 12.5 Å². The topological polar surface area (TPSA) is 93.5 Å². The standard InChI is InChI=1S/C10H13Br2NO4S/c11-6-3-7(17-9(6)12)8(14)10(4-13)1-2-18(15,16)5-10/h3,8,14H,1-2,4-5,13H2. The molecule has 1 saturated heterocycles. The average Bonchev–Trinajstić information content (AvgIpc) is 2.80. The molecule has 0 spiro atoms. The van der Waals surface area contributed by atoms with Crippen LogP contribution < -0.4 is 5.73 Å². The van der Waals surface area contributed by atoms with Crippen LogP contribution in [0.1, 0.15) is 18.3 Å². The first kappa shape index (κ1) is 14.5. The molecule has 0 radical (unpaired) electrons. The van der Waals surface area contributed by atoms with E-state index in [9.17, 15) is 13.5 Å². The lowest BCUT2D eigenvalue weighted by Gasteiger charge is -2.30. The van der Waals surface area contributed by atoms with Crippen molar-refractivity contribution in [3.8, 4) is 0 Å². The van der Waals surface area contributed by atoms with Crippen molar-refractivity contribution < 1.29 is 17.9 Å². The highest BCUT2D eigenvalue weighted by molar-refractivity contribution is 9.13. The highest BCUT2D eigenvalue weighted by atomic mass is 79.9. The first-order valence-corrected chi connectivity index (χ1v) is 8.74. The predicted octanol–water partition coefficient (Wildman–Crippen LogP) is 1.60. The monoisotopic (exact) mass is 401 g/mol. The molecule has 1 aliphatic heterocycles. The van der Waals surface area contributed by atoms with E-state index in [4.69, 9.17) is 10.2 Å². The van der Waals surface area contributed by atoms with Gasteiger partial charge in [-0.3, -0.25) is 0 Å². The molecule has 3 N–H and O–H groups in total. The van der Waals surface area contributed by atoms with Gasteiger partial charge in [-0.2, -0.15) is 0 Å². The van der Waals surface area contributed by atoms with Gasteiger partial charge in [0.05, 0.1) is 16.0 Å². The van der Waals surface area contributed by atoms with Crippen LogP contribution in [0.3, 0.4) is 0 Å². The molecule has 1 fully saturated rings. The molecule has 1 aromatic heterocycles. The summed E-state index contributed by atoms with van der Waals surface area (Å²) in [4.78, 5) is 0. The maximum absolute atomic E-state index is 11.6. The molecule has 2 heterocycles. The van der Waals surface area contributed by atoms with Crippen LogP contribution in [0.5, 0.6) is 0 Å². The highest BCUT2D eigenvalue weighted by Crippen LogP contribution is 2.44. The fourth-order valence-electron chi connectivity index (χ4n) is 2.23. The van der Waals surface area contributed by atoms with Crippen LogP contribution in [-0.4, -0.2) is 31.6 Å². The van der Waals surface area contributed by atoms with Gasteiger partial charge in [0.2, 0.25) is 0 Å². The van der Waals surface area contributed by atoms with E-state index in [-0.39, 0.29) is 18.1 Å². The Morgan fingerprint density at radius 1 is 1.56 bits per heavy atom. The molecule has 0 saturated carbocycles. The maximum Gasteiger partial charge on any atom is 0.183 e. The van der Waals surface area contributed by atoms with Crippen molar-refractivity contribution in [3.63, 3.8) is 0 Å². The van der Waals surface area contributed by atoms with Crippen LogP contribution in [0.4, 0.5) is 0 Å². The SMILES string of the molecule is NCC1(C(O)c2cc(Br)c(Br)o2)CCS(=O)(=O)C1.